The minimum absolute atomic E-state index is 0.0974. The Kier molecular flexibility index (Phi) is 5.57. The molecule has 1 N–H and O–H groups in total. The number of nitro benzene ring substituents is 1. The first-order valence-corrected chi connectivity index (χ1v) is 9.16. The summed E-state index contributed by atoms with van der Waals surface area (Å²) in [6.45, 7) is 0. The molecular weight excluding hydrogens is 398 g/mol. The number of nitrogens with one attached hydrogen (secondary N) is 1. The second-order valence-electron chi connectivity index (χ2n) is 6.42. The highest BCUT2D eigenvalue weighted by Crippen LogP contribution is 2.19. The molecule has 9 heteroatoms. The number of hydrazone groups is 1. The Morgan fingerprint density at radius 3 is 2.68 bits per heavy atom. The molecule has 0 atom stereocenters. The molecule has 1 aromatic heterocycles. The number of rotatable bonds is 6. The molecule has 0 spiro atoms. The van der Waals surface area contributed by atoms with Gasteiger partial charge in [-0.05, 0) is 35.9 Å². The smallest absolute Gasteiger partial charge is 0.343 e. The Bertz CT molecular complexity index is 1280. The van der Waals surface area contributed by atoms with Crippen LogP contribution in [0.1, 0.15) is 15.9 Å². The number of aromatic nitrogens is 2. The molecule has 3 aromatic carbocycles. The van der Waals surface area contributed by atoms with Gasteiger partial charge in [0.05, 0.1) is 22.9 Å². The summed E-state index contributed by atoms with van der Waals surface area (Å²) in [5.74, 6) is 0.166. The second kappa shape index (κ2) is 8.78. The van der Waals surface area contributed by atoms with E-state index in [0.717, 1.165) is 16.3 Å². The lowest BCUT2D eigenvalue weighted by atomic mass is 10.2. The fraction of sp³-hybridized carbons (Fsp3) is 0. The SMILES string of the molecule is O=C(Oc1ccc(/C=N\Nc2nncc3ccccc23)cc1)c1cccc([N+](=O)[O-])c1. The van der Waals surface area contributed by atoms with E-state index in [9.17, 15) is 14.9 Å². The van der Waals surface area contributed by atoms with Crippen LogP contribution in [0.2, 0.25) is 0 Å². The van der Waals surface area contributed by atoms with Gasteiger partial charge in [0.15, 0.2) is 5.82 Å². The van der Waals surface area contributed by atoms with Crippen LogP contribution in [-0.4, -0.2) is 27.3 Å². The van der Waals surface area contributed by atoms with E-state index in [1.165, 1.54) is 24.3 Å². The van der Waals surface area contributed by atoms with E-state index >= 15 is 0 Å². The summed E-state index contributed by atoms with van der Waals surface area (Å²) in [7, 11) is 0. The van der Waals surface area contributed by atoms with Gasteiger partial charge in [-0.15, -0.1) is 5.10 Å². The Morgan fingerprint density at radius 1 is 1.06 bits per heavy atom. The summed E-state index contributed by atoms with van der Waals surface area (Å²) in [6, 6.07) is 19.7. The zero-order valence-corrected chi connectivity index (χ0v) is 16.0. The number of anilines is 1. The van der Waals surface area contributed by atoms with E-state index in [4.69, 9.17) is 4.74 Å². The van der Waals surface area contributed by atoms with Gasteiger partial charge in [-0.1, -0.05) is 30.3 Å². The van der Waals surface area contributed by atoms with E-state index < -0.39 is 10.9 Å². The zero-order chi connectivity index (χ0) is 21.6. The van der Waals surface area contributed by atoms with E-state index in [0.29, 0.717) is 11.6 Å². The molecule has 0 aliphatic carbocycles. The first-order valence-electron chi connectivity index (χ1n) is 9.16. The summed E-state index contributed by atoms with van der Waals surface area (Å²) < 4.78 is 5.27. The maximum Gasteiger partial charge on any atom is 0.343 e. The summed E-state index contributed by atoms with van der Waals surface area (Å²) in [4.78, 5) is 22.5. The molecule has 9 nitrogen and oxygen atoms in total. The maximum absolute atomic E-state index is 12.2. The fourth-order valence-corrected chi connectivity index (χ4v) is 2.81. The Labute approximate surface area is 176 Å². The largest absolute Gasteiger partial charge is 0.423 e. The minimum atomic E-state index is -0.679. The summed E-state index contributed by atoms with van der Waals surface area (Å²) in [5.41, 5.74) is 3.56. The molecule has 0 aliphatic rings. The van der Waals surface area contributed by atoms with Crippen LogP contribution in [-0.2, 0) is 0 Å². The number of nitro groups is 1. The number of carbonyl (C=O) groups is 1. The summed E-state index contributed by atoms with van der Waals surface area (Å²) >= 11 is 0. The molecule has 0 amide bonds. The highest BCUT2D eigenvalue weighted by atomic mass is 16.6. The maximum atomic E-state index is 12.2. The predicted molar refractivity (Wildman–Crippen MR) is 115 cm³/mol. The average molecular weight is 413 g/mol. The van der Waals surface area contributed by atoms with Crippen molar-refractivity contribution in [2.75, 3.05) is 5.43 Å². The number of nitrogens with zero attached hydrogens (tertiary/aromatic N) is 4. The zero-order valence-electron chi connectivity index (χ0n) is 16.0. The van der Waals surface area contributed by atoms with E-state index in [-0.39, 0.29) is 11.3 Å². The predicted octanol–water partition coefficient (Wildman–Crippen LogP) is 4.20. The topological polar surface area (TPSA) is 120 Å². The second-order valence-corrected chi connectivity index (χ2v) is 6.42. The van der Waals surface area contributed by atoms with Gasteiger partial charge in [0.1, 0.15) is 5.75 Å². The molecule has 4 rings (SSSR count). The van der Waals surface area contributed by atoms with E-state index in [1.807, 2.05) is 24.3 Å². The summed E-state index contributed by atoms with van der Waals surface area (Å²) in [6.07, 6.45) is 3.27. The lowest BCUT2D eigenvalue weighted by molar-refractivity contribution is -0.384. The number of ether oxygens (including phenoxy) is 1. The normalized spacial score (nSPS) is 10.8. The van der Waals surface area contributed by atoms with Crippen molar-refractivity contribution in [3.8, 4) is 5.75 Å². The quantitative estimate of drug-likeness (QED) is 0.165. The third-order valence-electron chi connectivity index (χ3n) is 4.34. The molecule has 0 fully saturated rings. The third kappa shape index (κ3) is 4.67. The standard InChI is InChI=1S/C22H15N5O4/c28-22(16-5-3-6-18(12-16)27(29)30)31-19-10-8-15(9-11-19)13-23-25-21-20-7-2-1-4-17(20)14-24-26-21/h1-14H,(H,25,26)/b23-13-. The highest BCUT2D eigenvalue weighted by molar-refractivity contribution is 5.92. The molecule has 0 bridgehead atoms. The Morgan fingerprint density at radius 2 is 1.87 bits per heavy atom. The fourth-order valence-electron chi connectivity index (χ4n) is 2.81. The van der Waals surface area contributed by atoms with Crippen molar-refractivity contribution >= 4 is 34.5 Å². The molecular formula is C22H15N5O4. The number of hydrogen-bond donors (Lipinski definition) is 1. The molecule has 4 aromatic rings. The number of carbonyl (C=O) groups excluding carboxylic acids is 1. The van der Waals surface area contributed by atoms with Crippen molar-refractivity contribution in [2.24, 2.45) is 5.10 Å². The van der Waals surface area contributed by atoms with Crippen molar-refractivity contribution in [3.05, 3.63) is 100 Å². The van der Waals surface area contributed by atoms with Gasteiger partial charge in [-0.3, -0.25) is 15.5 Å². The van der Waals surface area contributed by atoms with Crippen molar-refractivity contribution in [1.82, 2.24) is 10.2 Å². The number of hydrogen-bond acceptors (Lipinski definition) is 8. The van der Waals surface area contributed by atoms with Crippen molar-refractivity contribution < 1.29 is 14.5 Å². The molecule has 31 heavy (non-hydrogen) atoms. The van der Waals surface area contributed by atoms with Gasteiger partial charge >= 0.3 is 5.97 Å². The molecule has 0 radical (unpaired) electrons. The van der Waals surface area contributed by atoms with Crippen LogP contribution >= 0.6 is 0 Å². The first kappa shape index (κ1) is 19.6. The first-order chi connectivity index (χ1) is 15.1. The lowest BCUT2D eigenvalue weighted by Gasteiger charge is -2.05. The average Bonchev–Trinajstić information content (AvgIpc) is 2.80. The Balaban J connectivity index is 1.40. The molecule has 0 saturated carbocycles. The van der Waals surface area contributed by atoms with Crippen LogP contribution < -0.4 is 10.2 Å². The van der Waals surface area contributed by atoms with Crippen LogP contribution in [0.3, 0.4) is 0 Å². The van der Waals surface area contributed by atoms with Gasteiger partial charge < -0.3 is 4.74 Å². The van der Waals surface area contributed by atoms with Crippen LogP contribution in [0.25, 0.3) is 10.8 Å². The van der Waals surface area contributed by atoms with Gasteiger partial charge in [0.25, 0.3) is 5.69 Å². The third-order valence-corrected chi connectivity index (χ3v) is 4.34. The minimum Gasteiger partial charge on any atom is -0.423 e. The van der Waals surface area contributed by atoms with Crippen LogP contribution in [0.15, 0.2) is 84.1 Å². The lowest BCUT2D eigenvalue weighted by Crippen LogP contribution is -2.08. The van der Waals surface area contributed by atoms with Gasteiger partial charge in [-0.2, -0.15) is 10.2 Å². The number of esters is 1. The molecule has 152 valence electrons. The van der Waals surface area contributed by atoms with E-state index in [1.54, 1.807) is 36.7 Å². The Hall–Kier alpha value is -4.66. The van der Waals surface area contributed by atoms with E-state index in [2.05, 4.69) is 20.7 Å². The van der Waals surface area contributed by atoms with Crippen LogP contribution in [0, 0.1) is 10.1 Å². The van der Waals surface area contributed by atoms with Crippen molar-refractivity contribution in [1.29, 1.82) is 0 Å². The number of fused-ring (bicyclic) bond motifs is 1. The number of benzene rings is 3. The van der Waals surface area contributed by atoms with Crippen LogP contribution in [0.5, 0.6) is 5.75 Å². The highest BCUT2D eigenvalue weighted by Gasteiger charge is 2.13. The number of non-ortho nitro benzene ring substituents is 1. The molecule has 0 unspecified atom stereocenters. The monoisotopic (exact) mass is 413 g/mol. The van der Waals surface area contributed by atoms with Crippen LogP contribution in [0.4, 0.5) is 11.5 Å². The van der Waals surface area contributed by atoms with Crippen molar-refractivity contribution in [3.63, 3.8) is 0 Å². The molecule has 0 aliphatic heterocycles. The molecule has 0 saturated heterocycles. The summed E-state index contributed by atoms with van der Waals surface area (Å²) in [5, 5.41) is 24.9. The molecule has 1 heterocycles. The van der Waals surface area contributed by atoms with Crippen molar-refractivity contribution in [2.45, 2.75) is 0 Å². The van der Waals surface area contributed by atoms with Gasteiger partial charge in [0.2, 0.25) is 0 Å². The van der Waals surface area contributed by atoms with Gasteiger partial charge in [0, 0.05) is 22.9 Å². The van der Waals surface area contributed by atoms with Gasteiger partial charge in [-0.25, -0.2) is 4.79 Å².